The molecule has 0 aromatic heterocycles. The second kappa shape index (κ2) is 10.6. The van der Waals surface area contributed by atoms with E-state index in [0.717, 1.165) is 6.26 Å². The number of anilines is 3. The fraction of sp³-hybridized carbons (Fsp3) is 0.286. The minimum atomic E-state index is -3.59. The lowest BCUT2D eigenvalue weighted by atomic mass is 10.2. The molecule has 0 spiro atoms. The van der Waals surface area contributed by atoms with E-state index in [1.807, 2.05) is 0 Å². The first-order chi connectivity index (χ1) is 15.6. The Morgan fingerprint density at radius 2 is 1.67 bits per heavy atom. The highest BCUT2D eigenvalue weighted by atomic mass is 35.5. The fourth-order valence-corrected chi connectivity index (χ4v) is 4.06. The Labute approximate surface area is 196 Å². The smallest absolute Gasteiger partial charge is 0.319 e. The van der Waals surface area contributed by atoms with Crippen LogP contribution in [0.5, 0.6) is 0 Å². The Morgan fingerprint density at radius 3 is 2.27 bits per heavy atom. The Morgan fingerprint density at radius 1 is 1.06 bits per heavy atom. The lowest BCUT2D eigenvalue weighted by Crippen LogP contribution is -2.49. The zero-order chi connectivity index (χ0) is 24.0. The Balaban J connectivity index is 1.66. The summed E-state index contributed by atoms with van der Waals surface area (Å²) in [6.07, 6.45) is 0.972. The molecule has 1 heterocycles. The molecule has 1 atom stereocenters. The van der Waals surface area contributed by atoms with E-state index in [1.165, 1.54) is 0 Å². The van der Waals surface area contributed by atoms with Gasteiger partial charge in [0.1, 0.15) is 22.5 Å². The molecule has 1 fully saturated rings. The largest absolute Gasteiger partial charge is 0.370 e. The first-order valence-corrected chi connectivity index (χ1v) is 12.3. The summed E-state index contributed by atoms with van der Waals surface area (Å²) in [5.41, 5.74) is 1.45. The summed E-state index contributed by atoms with van der Waals surface area (Å²) in [4.78, 5) is 38.6. The van der Waals surface area contributed by atoms with Crippen molar-refractivity contribution in [3.8, 4) is 0 Å². The van der Waals surface area contributed by atoms with E-state index in [-0.39, 0.29) is 12.5 Å². The van der Waals surface area contributed by atoms with Crippen LogP contribution in [-0.2, 0) is 24.2 Å². The van der Waals surface area contributed by atoms with E-state index in [9.17, 15) is 22.8 Å². The number of hydrogen-bond acceptors (Lipinski definition) is 6. The molecule has 3 rings (SSSR count). The molecule has 0 saturated carbocycles. The third-order valence-corrected chi connectivity index (χ3v) is 5.82. The molecule has 3 N–H and O–H groups in total. The number of benzene rings is 2. The second-order valence-corrected chi connectivity index (χ2v) is 10.0. The van der Waals surface area contributed by atoms with Gasteiger partial charge in [0.2, 0.25) is 5.91 Å². The SMILES string of the molecule is CS(=O)(=O)CC(NC(=O)Nc1ccc(Cl)cc1)C(=O)Nc1ccc(N2CCOCC2=O)cc1. The molecule has 1 aliphatic heterocycles. The Kier molecular flexibility index (Phi) is 7.90. The molecule has 33 heavy (non-hydrogen) atoms. The first-order valence-electron chi connectivity index (χ1n) is 9.90. The zero-order valence-corrected chi connectivity index (χ0v) is 19.3. The van der Waals surface area contributed by atoms with Crippen LogP contribution < -0.4 is 20.9 Å². The number of carbonyl (C=O) groups excluding carboxylic acids is 3. The highest BCUT2D eigenvalue weighted by Gasteiger charge is 2.26. The van der Waals surface area contributed by atoms with Crippen LogP contribution in [-0.4, -0.2) is 64.1 Å². The molecule has 2 aromatic carbocycles. The van der Waals surface area contributed by atoms with E-state index >= 15 is 0 Å². The summed E-state index contributed by atoms with van der Waals surface area (Å²) in [6.45, 7) is 0.865. The van der Waals surface area contributed by atoms with Gasteiger partial charge in [-0.2, -0.15) is 0 Å². The minimum Gasteiger partial charge on any atom is -0.370 e. The molecule has 12 heteroatoms. The Hall–Kier alpha value is -3.15. The molecule has 0 radical (unpaired) electrons. The highest BCUT2D eigenvalue weighted by Crippen LogP contribution is 2.20. The third kappa shape index (κ3) is 7.45. The van der Waals surface area contributed by atoms with E-state index < -0.39 is 33.6 Å². The number of morpholine rings is 1. The molecular formula is C21H23ClN4O6S. The number of nitrogens with zero attached hydrogens (tertiary/aromatic N) is 1. The van der Waals surface area contributed by atoms with Crippen molar-refractivity contribution in [2.75, 3.05) is 47.3 Å². The maximum atomic E-state index is 12.7. The number of nitrogens with one attached hydrogen (secondary N) is 3. The van der Waals surface area contributed by atoms with Gasteiger partial charge in [0.05, 0.1) is 12.4 Å². The number of ether oxygens (including phenoxy) is 1. The zero-order valence-electron chi connectivity index (χ0n) is 17.7. The van der Waals surface area contributed by atoms with Crippen LogP contribution in [0.3, 0.4) is 0 Å². The van der Waals surface area contributed by atoms with Gasteiger partial charge in [0.15, 0.2) is 0 Å². The lowest BCUT2D eigenvalue weighted by molar-refractivity contribution is -0.125. The van der Waals surface area contributed by atoms with Crippen molar-refractivity contribution in [2.24, 2.45) is 0 Å². The molecule has 0 bridgehead atoms. The van der Waals surface area contributed by atoms with Gasteiger partial charge in [-0.3, -0.25) is 9.59 Å². The quantitative estimate of drug-likeness (QED) is 0.538. The monoisotopic (exact) mass is 494 g/mol. The lowest BCUT2D eigenvalue weighted by Gasteiger charge is -2.27. The molecule has 2 aromatic rings. The topological polar surface area (TPSA) is 134 Å². The van der Waals surface area contributed by atoms with Gasteiger partial charge in [-0.25, -0.2) is 13.2 Å². The highest BCUT2D eigenvalue weighted by molar-refractivity contribution is 7.90. The summed E-state index contributed by atoms with van der Waals surface area (Å²) < 4.78 is 28.7. The predicted molar refractivity (Wildman–Crippen MR) is 125 cm³/mol. The predicted octanol–water partition coefficient (Wildman–Crippen LogP) is 1.88. The molecule has 176 valence electrons. The number of halogens is 1. The molecule has 1 aliphatic rings. The summed E-state index contributed by atoms with van der Waals surface area (Å²) in [5.74, 6) is -1.46. The maximum absolute atomic E-state index is 12.7. The van der Waals surface area contributed by atoms with Gasteiger partial charge in [0, 0.05) is 34.9 Å². The van der Waals surface area contributed by atoms with Crippen LogP contribution in [0, 0.1) is 0 Å². The summed E-state index contributed by atoms with van der Waals surface area (Å²) in [5, 5.41) is 7.98. The van der Waals surface area contributed by atoms with Crippen molar-refractivity contribution in [1.82, 2.24) is 5.32 Å². The molecule has 0 aliphatic carbocycles. The van der Waals surface area contributed by atoms with Gasteiger partial charge in [-0.05, 0) is 48.5 Å². The number of amides is 4. The van der Waals surface area contributed by atoms with E-state index in [2.05, 4.69) is 16.0 Å². The van der Waals surface area contributed by atoms with Gasteiger partial charge in [0.25, 0.3) is 5.91 Å². The number of hydrogen-bond donors (Lipinski definition) is 3. The molecule has 10 nitrogen and oxygen atoms in total. The van der Waals surface area contributed by atoms with Gasteiger partial charge in [-0.15, -0.1) is 0 Å². The van der Waals surface area contributed by atoms with Crippen molar-refractivity contribution < 1.29 is 27.5 Å². The Bertz CT molecular complexity index is 1120. The number of rotatable bonds is 7. The van der Waals surface area contributed by atoms with Crippen molar-refractivity contribution in [3.05, 3.63) is 53.6 Å². The average molecular weight is 495 g/mol. The summed E-state index contributed by atoms with van der Waals surface area (Å²) in [7, 11) is -3.59. The van der Waals surface area contributed by atoms with Crippen molar-refractivity contribution in [2.45, 2.75) is 6.04 Å². The van der Waals surface area contributed by atoms with Gasteiger partial charge in [-0.1, -0.05) is 11.6 Å². The van der Waals surface area contributed by atoms with Crippen LogP contribution in [0.15, 0.2) is 48.5 Å². The van der Waals surface area contributed by atoms with E-state index in [1.54, 1.807) is 53.4 Å². The van der Waals surface area contributed by atoms with Crippen LogP contribution in [0.4, 0.5) is 21.9 Å². The summed E-state index contributed by atoms with van der Waals surface area (Å²) >= 11 is 5.81. The number of carbonyl (C=O) groups is 3. The van der Waals surface area contributed by atoms with Crippen LogP contribution in [0.25, 0.3) is 0 Å². The van der Waals surface area contributed by atoms with Crippen molar-refractivity contribution in [3.63, 3.8) is 0 Å². The average Bonchev–Trinajstić information content (AvgIpc) is 2.75. The van der Waals surface area contributed by atoms with E-state index in [4.69, 9.17) is 16.3 Å². The maximum Gasteiger partial charge on any atom is 0.319 e. The minimum absolute atomic E-state index is 0.00934. The van der Waals surface area contributed by atoms with Crippen molar-refractivity contribution >= 4 is 56.3 Å². The molecular weight excluding hydrogens is 472 g/mol. The number of urea groups is 1. The van der Waals surface area contributed by atoms with Crippen LogP contribution in [0.1, 0.15) is 0 Å². The molecule has 1 unspecified atom stereocenters. The van der Waals surface area contributed by atoms with Crippen molar-refractivity contribution in [1.29, 1.82) is 0 Å². The first kappa shape index (κ1) is 24.5. The van der Waals surface area contributed by atoms with Gasteiger partial charge < -0.3 is 25.6 Å². The van der Waals surface area contributed by atoms with Crippen LogP contribution in [0.2, 0.25) is 5.02 Å². The number of sulfone groups is 1. The normalized spacial score (nSPS) is 15.0. The standard InChI is InChI=1S/C21H23ClN4O6S/c1-33(30,31)13-18(25-21(29)24-16-4-2-14(22)3-5-16)20(28)23-15-6-8-17(9-7-15)26-10-11-32-12-19(26)27/h2-9,18H,10-13H2,1H3,(H,23,28)(H2,24,25,29). The summed E-state index contributed by atoms with van der Waals surface area (Å²) in [6, 6.07) is 10.7. The van der Waals surface area contributed by atoms with E-state index in [0.29, 0.717) is 35.2 Å². The second-order valence-electron chi connectivity index (χ2n) is 7.38. The fourth-order valence-electron chi connectivity index (χ4n) is 3.09. The van der Waals surface area contributed by atoms with Gasteiger partial charge >= 0.3 is 6.03 Å². The third-order valence-electron chi connectivity index (χ3n) is 4.63. The molecule has 4 amide bonds. The molecule has 1 saturated heterocycles. The van der Waals surface area contributed by atoms with Crippen LogP contribution >= 0.6 is 11.6 Å².